The molecule has 1 saturated heterocycles. The molecule has 0 saturated carbocycles. The maximum Gasteiger partial charge on any atom is 0.159 e. The number of ether oxygens (including phenoxy) is 1. The quantitative estimate of drug-likeness (QED) is 0.550. The van der Waals surface area contributed by atoms with Crippen molar-refractivity contribution in [2.75, 3.05) is 13.3 Å². The average Bonchev–Trinajstić information content (AvgIpc) is 2.92. The number of rotatable bonds is 2. The van der Waals surface area contributed by atoms with Crippen molar-refractivity contribution in [1.82, 2.24) is 4.90 Å². The van der Waals surface area contributed by atoms with E-state index in [-0.39, 0.29) is 12.7 Å². The van der Waals surface area contributed by atoms with Gasteiger partial charge in [0.2, 0.25) is 0 Å². The lowest BCUT2D eigenvalue weighted by Gasteiger charge is -2.30. The number of fused-ring (bicyclic) bond motifs is 1. The van der Waals surface area contributed by atoms with E-state index in [2.05, 4.69) is 15.0 Å². The van der Waals surface area contributed by atoms with Gasteiger partial charge in [-0.2, -0.15) is 0 Å². The van der Waals surface area contributed by atoms with Crippen LogP contribution in [0.25, 0.3) is 0 Å². The highest BCUT2D eigenvalue weighted by Gasteiger charge is 2.45. The predicted molar refractivity (Wildman–Crippen MR) is 69.0 cm³/mol. The summed E-state index contributed by atoms with van der Waals surface area (Å²) >= 11 is 0. The monoisotopic (exact) mass is 267 g/mol. The fraction of sp³-hybridized carbons (Fsp3) is 0.727. The van der Waals surface area contributed by atoms with Crippen LogP contribution in [0.15, 0.2) is 15.0 Å². The third kappa shape index (κ3) is 1.96. The third-order valence-electron chi connectivity index (χ3n) is 3.53. The van der Waals surface area contributed by atoms with Crippen LogP contribution in [0.3, 0.4) is 0 Å². The summed E-state index contributed by atoms with van der Waals surface area (Å²) in [7, 11) is 0. The summed E-state index contributed by atoms with van der Waals surface area (Å²) in [5.74, 6) is 0.586. The summed E-state index contributed by atoms with van der Waals surface area (Å²) in [6.45, 7) is 1.96. The largest absolute Gasteiger partial charge is 0.394 e. The zero-order valence-corrected chi connectivity index (χ0v) is 10.6. The molecule has 3 aliphatic heterocycles. The van der Waals surface area contributed by atoms with Gasteiger partial charge in [0.05, 0.1) is 12.7 Å². The molecule has 3 rings (SSSR count). The van der Waals surface area contributed by atoms with E-state index >= 15 is 0 Å². The van der Waals surface area contributed by atoms with Gasteiger partial charge in [-0.1, -0.05) is 0 Å². The van der Waals surface area contributed by atoms with Crippen molar-refractivity contribution < 1.29 is 14.9 Å². The SMILES string of the molecule is CC1(N)N=CN=C2C1=NCN2[C@@H]1O[C@H](CO)C[C@H]1O. The lowest BCUT2D eigenvalue weighted by molar-refractivity contribution is -0.0679. The van der Waals surface area contributed by atoms with Crippen LogP contribution in [0.5, 0.6) is 0 Å². The zero-order chi connectivity index (χ0) is 13.6. The van der Waals surface area contributed by atoms with Gasteiger partial charge in [0, 0.05) is 6.42 Å². The predicted octanol–water partition coefficient (Wildman–Crippen LogP) is -1.72. The van der Waals surface area contributed by atoms with E-state index in [1.54, 1.807) is 11.8 Å². The second-order valence-electron chi connectivity index (χ2n) is 5.10. The lowest BCUT2D eigenvalue weighted by atomic mass is 10.1. The molecule has 0 aromatic heterocycles. The molecule has 8 heteroatoms. The molecule has 3 heterocycles. The first-order chi connectivity index (χ1) is 9.03. The number of hydrogen-bond donors (Lipinski definition) is 3. The molecule has 0 aromatic carbocycles. The second kappa shape index (κ2) is 4.34. The molecule has 3 aliphatic rings. The number of hydrogen-bond acceptors (Lipinski definition) is 8. The van der Waals surface area contributed by atoms with E-state index in [1.807, 2.05) is 0 Å². The molecule has 1 fully saturated rings. The highest BCUT2D eigenvalue weighted by atomic mass is 16.5. The van der Waals surface area contributed by atoms with E-state index < -0.39 is 18.0 Å². The van der Waals surface area contributed by atoms with Crippen LogP contribution in [0.1, 0.15) is 13.3 Å². The Morgan fingerprint density at radius 2 is 2.42 bits per heavy atom. The number of aliphatic hydroxyl groups excluding tert-OH is 2. The van der Waals surface area contributed by atoms with Crippen molar-refractivity contribution in [1.29, 1.82) is 0 Å². The minimum Gasteiger partial charge on any atom is -0.394 e. The number of nitrogens with two attached hydrogens (primary N) is 1. The van der Waals surface area contributed by atoms with Gasteiger partial charge >= 0.3 is 0 Å². The van der Waals surface area contributed by atoms with Gasteiger partial charge in [-0.3, -0.25) is 4.99 Å². The molecule has 19 heavy (non-hydrogen) atoms. The van der Waals surface area contributed by atoms with Gasteiger partial charge in [0.15, 0.2) is 17.7 Å². The summed E-state index contributed by atoms with van der Waals surface area (Å²) in [6, 6.07) is 0. The summed E-state index contributed by atoms with van der Waals surface area (Å²) in [6.07, 6.45) is 0.203. The Balaban J connectivity index is 1.83. The second-order valence-corrected chi connectivity index (χ2v) is 5.10. The van der Waals surface area contributed by atoms with E-state index in [0.29, 0.717) is 24.6 Å². The molecule has 0 aliphatic carbocycles. The number of aliphatic imine (C=N–C) groups is 3. The number of nitrogens with zero attached hydrogens (tertiary/aromatic N) is 4. The summed E-state index contributed by atoms with van der Waals surface area (Å²) in [5, 5.41) is 19.1. The Labute approximate surface area is 110 Å². The van der Waals surface area contributed by atoms with Crippen LogP contribution in [0.2, 0.25) is 0 Å². The van der Waals surface area contributed by atoms with Gasteiger partial charge in [-0.25, -0.2) is 9.98 Å². The van der Waals surface area contributed by atoms with Crippen LogP contribution >= 0.6 is 0 Å². The molecular formula is C11H17N5O3. The van der Waals surface area contributed by atoms with Crippen LogP contribution < -0.4 is 5.73 Å². The Morgan fingerprint density at radius 3 is 3.11 bits per heavy atom. The van der Waals surface area contributed by atoms with Crippen LogP contribution in [0.4, 0.5) is 0 Å². The van der Waals surface area contributed by atoms with Gasteiger partial charge in [-0.05, 0) is 6.92 Å². The molecule has 4 atom stereocenters. The molecule has 4 N–H and O–H groups in total. The molecular weight excluding hydrogens is 250 g/mol. The van der Waals surface area contributed by atoms with Gasteiger partial charge in [0.1, 0.15) is 24.8 Å². The molecule has 8 nitrogen and oxygen atoms in total. The Hall–Kier alpha value is -1.35. The molecule has 0 bridgehead atoms. The molecule has 0 spiro atoms. The van der Waals surface area contributed by atoms with E-state index in [0.717, 1.165) is 0 Å². The van der Waals surface area contributed by atoms with Gasteiger partial charge < -0.3 is 25.6 Å². The smallest absolute Gasteiger partial charge is 0.159 e. The first-order valence-corrected chi connectivity index (χ1v) is 6.19. The lowest BCUT2D eigenvalue weighted by Crippen LogP contribution is -2.53. The minimum atomic E-state index is -0.897. The maximum atomic E-state index is 10.0. The number of aliphatic hydroxyl groups is 2. The average molecular weight is 267 g/mol. The Bertz CT molecular complexity index is 473. The number of amidine groups is 1. The van der Waals surface area contributed by atoms with E-state index in [1.165, 1.54) is 6.34 Å². The van der Waals surface area contributed by atoms with Crippen molar-refractivity contribution in [3.8, 4) is 0 Å². The van der Waals surface area contributed by atoms with Crippen LogP contribution in [0, 0.1) is 0 Å². The Morgan fingerprint density at radius 1 is 1.63 bits per heavy atom. The topological polar surface area (TPSA) is 116 Å². The van der Waals surface area contributed by atoms with Crippen molar-refractivity contribution in [2.24, 2.45) is 20.7 Å². The fourth-order valence-corrected chi connectivity index (χ4v) is 2.54. The Kier molecular flexibility index (Phi) is 2.90. The van der Waals surface area contributed by atoms with Crippen molar-refractivity contribution in [3.05, 3.63) is 0 Å². The molecule has 0 radical (unpaired) electrons. The maximum absolute atomic E-state index is 10.0. The highest BCUT2D eigenvalue weighted by Crippen LogP contribution is 2.28. The molecule has 0 amide bonds. The zero-order valence-electron chi connectivity index (χ0n) is 10.6. The normalized spacial score (nSPS) is 41.3. The van der Waals surface area contributed by atoms with Crippen molar-refractivity contribution >= 4 is 17.9 Å². The van der Waals surface area contributed by atoms with Crippen LogP contribution in [-0.2, 0) is 4.74 Å². The molecule has 104 valence electrons. The van der Waals surface area contributed by atoms with E-state index in [9.17, 15) is 5.11 Å². The third-order valence-corrected chi connectivity index (χ3v) is 3.53. The first kappa shape index (κ1) is 12.7. The standard InChI is InChI=1S/C11H17N5O3/c1-11(12)8-9(13-4-15-11)16(5-14-8)10-7(18)2-6(3-17)19-10/h4,6-7,10,17-18H,2-3,5,12H2,1H3/t6-,7+,10+,11?/m0/s1. The summed E-state index contributed by atoms with van der Waals surface area (Å²) < 4.78 is 5.61. The molecule has 0 aromatic rings. The van der Waals surface area contributed by atoms with Crippen molar-refractivity contribution in [3.63, 3.8) is 0 Å². The first-order valence-electron chi connectivity index (χ1n) is 6.19. The van der Waals surface area contributed by atoms with E-state index in [4.69, 9.17) is 15.6 Å². The summed E-state index contributed by atoms with van der Waals surface area (Å²) in [4.78, 5) is 14.4. The minimum absolute atomic E-state index is 0.113. The van der Waals surface area contributed by atoms with Gasteiger partial charge in [0.25, 0.3) is 0 Å². The van der Waals surface area contributed by atoms with Crippen LogP contribution in [-0.4, -0.2) is 70.4 Å². The molecule has 1 unspecified atom stereocenters. The van der Waals surface area contributed by atoms with Crippen molar-refractivity contribution in [2.45, 2.75) is 37.4 Å². The van der Waals surface area contributed by atoms with Gasteiger partial charge in [-0.15, -0.1) is 0 Å². The summed E-state index contributed by atoms with van der Waals surface area (Å²) in [5.41, 5.74) is 5.73. The highest BCUT2D eigenvalue weighted by molar-refractivity contribution is 6.47. The fourth-order valence-electron chi connectivity index (χ4n) is 2.54.